The van der Waals surface area contributed by atoms with Crippen LogP contribution < -0.4 is 5.32 Å². The molecule has 1 N–H and O–H groups in total. The highest BCUT2D eigenvalue weighted by Crippen LogP contribution is 2.47. The van der Waals surface area contributed by atoms with Crippen LogP contribution in [0.2, 0.25) is 0 Å². The summed E-state index contributed by atoms with van der Waals surface area (Å²) < 4.78 is 29.5. The molecule has 2 aliphatic rings. The zero-order chi connectivity index (χ0) is 22.7. The van der Waals surface area contributed by atoms with Crippen molar-refractivity contribution < 1.29 is 18.4 Å². The van der Waals surface area contributed by atoms with E-state index in [4.69, 9.17) is 0 Å². The van der Waals surface area contributed by atoms with Gasteiger partial charge in [-0.2, -0.15) is 8.78 Å². The number of carbonyl (C=O) groups is 2. The molecule has 6 heteroatoms. The van der Waals surface area contributed by atoms with E-state index in [1.807, 2.05) is 13.8 Å². The molecular weight excluding hydrogens is 386 g/mol. The first-order chi connectivity index (χ1) is 14.0. The van der Waals surface area contributed by atoms with Gasteiger partial charge in [0.25, 0.3) is 5.91 Å². The maximum absolute atomic E-state index is 14.7. The van der Waals surface area contributed by atoms with E-state index in [-0.39, 0.29) is 30.2 Å². The number of nitrogens with zero attached hydrogens (tertiary/aromatic N) is 1. The summed E-state index contributed by atoms with van der Waals surface area (Å²) in [6.45, 7) is 13.7. The van der Waals surface area contributed by atoms with Crippen molar-refractivity contribution in [2.75, 3.05) is 6.54 Å². The Hall–Kier alpha value is -1.30. The summed E-state index contributed by atoms with van der Waals surface area (Å²) in [6.07, 6.45) is 4.71. The fourth-order valence-corrected chi connectivity index (χ4v) is 4.67. The van der Waals surface area contributed by atoms with Gasteiger partial charge < -0.3 is 10.2 Å². The van der Waals surface area contributed by atoms with Gasteiger partial charge in [-0.25, -0.2) is 0 Å². The Bertz CT molecular complexity index is 643. The van der Waals surface area contributed by atoms with Crippen LogP contribution in [0.1, 0.15) is 86.0 Å². The highest BCUT2D eigenvalue weighted by atomic mass is 19.3. The molecule has 0 aromatic carbocycles. The lowest BCUT2D eigenvalue weighted by molar-refractivity contribution is -0.164. The van der Waals surface area contributed by atoms with Crippen molar-refractivity contribution in [2.24, 2.45) is 11.8 Å². The third-order valence-electron chi connectivity index (χ3n) is 6.87. The van der Waals surface area contributed by atoms with Crippen molar-refractivity contribution in [1.82, 2.24) is 10.2 Å². The number of carbonyl (C=O) groups excluding carboxylic acids is 2. The molecule has 1 aliphatic heterocycles. The monoisotopic (exact) mass is 426 g/mol. The van der Waals surface area contributed by atoms with Crippen LogP contribution in [0.25, 0.3) is 0 Å². The smallest absolute Gasteiger partial charge is 0.325 e. The quantitative estimate of drug-likeness (QED) is 0.441. The standard InChI is InChI=1S/C24H40F2N2O2/c1-7-19(13-17(5)21(29)20-10-9-18(6)27-20)15-28(23(8-2)11-12-23)22(30)24(25,26)14-16(3)4/h16,18-20,27H,5,7-15H2,1-4,6H3/t18-,19+,20+/m1/s1. The molecule has 0 bridgehead atoms. The molecule has 1 amide bonds. The lowest BCUT2D eigenvalue weighted by Gasteiger charge is -2.37. The third-order valence-corrected chi connectivity index (χ3v) is 6.87. The molecule has 0 aromatic rings. The molecule has 1 saturated carbocycles. The number of Topliss-reactive ketones (excluding diaryl/α,β-unsaturated/α-hetero) is 1. The van der Waals surface area contributed by atoms with E-state index < -0.39 is 23.8 Å². The zero-order valence-corrected chi connectivity index (χ0v) is 19.4. The SMILES string of the molecule is C=C(C[C@H](CC)CN(C(=O)C(F)(F)CC(C)C)C1(CC)CC1)C(=O)[C@@H]1CC[C@@H](C)N1. The first-order valence-corrected chi connectivity index (χ1v) is 11.6. The number of ketones is 1. The van der Waals surface area contributed by atoms with Crippen molar-refractivity contribution in [2.45, 2.75) is 110 Å². The third kappa shape index (κ3) is 5.89. The van der Waals surface area contributed by atoms with Gasteiger partial charge in [0.15, 0.2) is 5.78 Å². The van der Waals surface area contributed by atoms with Crippen LogP contribution >= 0.6 is 0 Å². The number of alkyl halides is 2. The van der Waals surface area contributed by atoms with Crippen molar-refractivity contribution in [1.29, 1.82) is 0 Å². The molecule has 0 spiro atoms. The molecule has 0 unspecified atom stereocenters. The van der Waals surface area contributed by atoms with E-state index >= 15 is 0 Å². The number of rotatable bonds is 12. The average molecular weight is 427 g/mol. The maximum Gasteiger partial charge on any atom is 0.325 e. The van der Waals surface area contributed by atoms with Crippen LogP contribution in [0.4, 0.5) is 8.78 Å². The van der Waals surface area contributed by atoms with Crippen LogP contribution in [0, 0.1) is 11.8 Å². The Morgan fingerprint density at radius 2 is 1.87 bits per heavy atom. The van der Waals surface area contributed by atoms with Crippen LogP contribution in [0.15, 0.2) is 12.2 Å². The van der Waals surface area contributed by atoms with Crippen molar-refractivity contribution in [3.8, 4) is 0 Å². The van der Waals surface area contributed by atoms with Gasteiger partial charge in [0, 0.05) is 24.5 Å². The van der Waals surface area contributed by atoms with Crippen LogP contribution in [-0.4, -0.2) is 46.7 Å². The van der Waals surface area contributed by atoms with Gasteiger partial charge in [0.05, 0.1) is 6.04 Å². The van der Waals surface area contributed by atoms with E-state index in [0.29, 0.717) is 30.9 Å². The van der Waals surface area contributed by atoms with Gasteiger partial charge in [0.2, 0.25) is 0 Å². The van der Waals surface area contributed by atoms with Crippen LogP contribution in [0.5, 0.6) is 0 Å². The van der Waals surface area contributed by atoms with Crippen LogP contribution in [0.3, 0.4) is 0 Å². The average Bonchev–Trinajstić information content (AvgIpc) is 3.35. The minimum atomic E-state index is -3.35. The largest absolute Gasteiger partial charge is 0.332 e. The second kappa shape index (κ2) is 9.88. The van der Waals surface area contributed by atoms with E-state index in [9.17, 15) is 18.4 Å². The minimum absolute atomic E-state index is 0.0254. The lowest BCUT2D eigenvalue weighted by Crippen LogP contribution is -2.52. The molecule has 2 fully saturated rings. The van der Waals surface area contributed by atoms with E-state index in [2.05, 4.69) is 18.8 Å². The number of hydrogen-bond donors (Lipinski definition) is 1. The highest BCUT2D eigenvalue weighted by Gasteiger charge is 2.54. The predicted octanol–water partition coefficient (Wildman–Crippen LogP) is 5.12. The summed E-state index contributed by atoms with van der Waals surface area (Å²) in [7, 11) is 0. The van der Waals surface area contributed by atoms with Crippen LogP contribution in [-0.2, 0) is 9.59 Å². The first-order valence-electron chi connectivity index (χ1n) is 11.6. The fraction of sp³-hybridized carbons (Fsp3) is 0.833. The van der Waals surface area contributed by atoms with Gasteiger partial charge in [0.1, 0.15) is 0 Å². The van der Waals surface area contributed by atoms with Crippen molar-refractivity contribution in [3.05, 3.63) is 12.2 Å². The van der Waals surface area contributed by atoms with E-state index in [1.165, 1.54) is 4.90 Å². The minimum Gasteiger partial charge on any atom is -0.332 e. The highest BCUT2D eigenvalue weighted by molar-refractivity contribution is 5.99. The fourth-order valence-electron chi connectivity index (χ4n) is 4.67. The Morgan fingerprint density at radius 3 is 2.30 bits per heavy atom. The van der Waals surface area contributed by atoms with Gasteiger partial charge in [-0.15, -0.1) is 0 Å². The normalized spacial score (nSPS) is 24.0. The molecule has 0 radical (unpaired) electrons. The zero-order valence-electron chi connectivity index (χ0n) is 19.4. The molecule has 1 heterocycles. The molecule has 2 rings (SSSR count). The Morgan fingerprint density at radius 1 is 1.23 bits per heavy atom. The Kier molecular flexibility index (Phi) is 8.22. The topological polar surface area (TPSA) is 49.4 Å². The Labute approximate surface area is 180 Å². The van der Waals surface area contributed by atoms with Gasteiger partial charge in [-0.1, -0.05) is 40.7 Å². The molecule has 172 valence electrons. The number of amides is 1. The number of halogens is 2. The van der Waals surface area contributed by atoms with E-state index in [0.717, 1.165) is 25.7 Å². The summed E-state index contributed by atoms with van der Waals surface area (Å²) in [4.78, 5) is 27.1. The molecule has 3 atom stereocenters. The van der Waals surface area contributed by atoms with Gasteiger partial charge in [-0.3, -0.25) is 9.59 Å². The summed E-state index contributed by atoms with van der Waals surface area (Å²) >= 11 is 0. The summed E-state index contributed by atoms with van der Waals surface area (Å²) in [5.41, 5.74) is 0.0923. The molecule has 0 aromatic heterocycles. The second-order valence-corrected chi connectivity index (χ2v) is 9.94. The van der Waals surface area contributed by atoms with Crippen molar-refractivity contribution in [3.63, 3.8) is 0 Å². The van der Waals surface area contributed by atoms with E-state index in [1.54, 1.807) is 13.8 Å². The second-order valence-electron chi connectivity index (χ2n) is 9.94. The lowest BCUT2D eigenvalue weighted by atomic mass is 9.91. The van der Waals surface area contributed by atoms with Gasteiger partial charge in [-0.05, 0) is 62.9 Å². The van der Waals surface area contributed by atoms with Gasteiger partial charge >= 0.3 is 5.92 Å². The summed E-state index contributed by atoms with van der Waals surface area (Å²) in [5.74, 6) is -4.69. The molecule has 1 aliphatic carbocycles. The molecule has 30 heavy (non-hydrogen) atoms. The Balaban J connectivity index is 2.10. The first kappa shape index (κ1) is 25.0. The number of hydrogen-bond acceptors (Lipinski definition) is 3. The molecular formula is C24H40F2N2O2. The van der Waals surface area contributed by atoms with Crippen molar-refractivity contribution >= 4 is 11.7 Å². The predicted molar refractivity (Wildman–Crippen MR) is 117 cm³/mol. The molecule has 1 saturated heterocycles. The maximum atomic E-state index is 14.7. The summed E-state index contributed by atoms with van der Waals surface area (Å²) in [6, 6.07) is 0.132. The summed E-state index contributed by atoms with van der Waals surface area (Å²) in [5, 5.41) is 3.29. The molecule has 4 nitrogen and oxygen atoms in total. The number of nitrogens with one attached hydrogen (secondary N) is 1.